The molecule has 0 atom stereocenters. The van der Waals surface area contributed by atoms with Crippen molar-refractivity contribution in [3.63, 3.8) is 0 Å². The van der Waals surface area contributed by atoms with Crippen molar-refractivity contribution in [3.8, 4) is 0 Å². The fraction of sp³-hybridized carbons (Fsp3) is 0.556. The van der Waals surface area contributed by atoms with Gasteiger partial charge in [-0.15, -0.1) is 0 Å². The Balaban J connectivity index is 2.46. The van der Waals surface area contributed by atoms with Gasteiger partial charge in [0.15, 0.2) is 0 Å². The van der Waals surface area contributed by atoms with Crippen LogP contribution in [0.2, 0.25) is 0 Å². The van der Waals surface area contributed by atoms with Crippen molar-refractivity contribution in [2.45, 2.75) is 98.3 Å². The van der Waals surface area contributed by atoms with Gasteiger partial charge in [0.1, 0.15) is 0 Å². The highest BCUT2D eigenvalue weighted by atomic mass is 14.6. The highest BCUT2D eigenvalue weighted by molar-refractivity contribution is 5.60. The predicted octanol–water partition coefficient (Wildman–Crippen LogP) is 7.37. The summed E-state index contributed by atoms with van der Waals surface area (Å²) >= 11 is 0. The van der Waals surface area contributed by atoms with Gasteiger partial charge in [0.2, 0.25) is 0 Å². The summed E-state index contributed by atoms with van der Waals surface area (Å²) in [4.78, 5) is 0. The molecule has 0 spiro atoms. The zero-order valence-corrected chi connectivity index (χ0v) is 19.6. The highest BCUT2D eigenvalue weighted by Crippen LogP contribution is 2.32. The van der Waals surface area contributed by atoms with Crippen LogP contribution in [-0.4, -0.2) is 0 Å². The maximum atomic E-state index is 6.53. The van der Waals surface area contributed by atoms with Gasteiger partial charge < -0.3 is 11.5 Å². The average Bonchev–Trinajstić information content (AvgIpc) is 2.67. The Morgan fingerprint density at radius 3 is 1.34 bits per heavy atom. The van der Waals surface area contributed by atoms with Crippen LogP contribution < -0.4 is 11.5 Å². The van der Waals surface area contributed by atoms with Crippen LogP contribution in [0, 0.1) is 0 Å². The molecule has 0 radical (unpaired) electrons. The standard InChI is InChI=1S/C27H42N2/c1-7-9-11-22-14-20(16-24(18(3)4)26(22)28)13-21-15-23(12-10-8-2)27(29)25(17-21)19(5)6/h14-19H,7-13,28-29H2,1-6H3. The topological polar surface area (TPSA) is 52.0 Å². The lowest BCUT2D eigenvalue weighted by atomic mass is 9.88. The number of unbranched alkanes of at least 4 members (excludes halogenated alkanes) is 2. The molecule has 2 heteroatoms. The maximum absolute atomic E-state index is 6.53. The van der Waals surface area contributed by atoms with Crippen LogP contribution in [0.1, 0.15) is 112 Å². The van der Waals surface area contributed by atoms with Gasteiger partial charge in [-0.1, -0.05) is 78.6 Å². The predicted molar refractivity (Wildman–Crippen MR) is 130 cm³/mol. The van der Waals surface area contributed by atoms with E-state index in [4.69, 9.17) is 11.5 Å². The molecule has 0 bridgehead atoms. The summed E-state index contributed by atoms with van der Waals surface area (Å²) in [6.45, 7) is 13.4. The van der Waals surface area contributed by atoms with Crippen molar-refractivity contribution >= 4 is 11.4 Å². The van der Waals surface area contributed by atoms with Crippen LogP contribution in [0.25, 0.3) is 0 Å². The lowest BCUT2D eigenvalue weighted by Crippen LogP contribution is -2.06. The molecule has 0 amide bonds. The van der Waals surface area contributed by atoms with E-state index in [2.05, 4.69) is 65.8 Å². The number of hydrogen-bond donors (Lipinski definition) is 2. The van der Waals surface area contributed by atoms with Gasteiger partial charge in [0.05, 0.1) is 0 Å². The van der Waals surface area contributed by atoms with Crippen molar-refractivity contribution in [2.24, 2.45) is 0 Å². The lowest BCUT2D eigenvalue weighted by molar-refractivity contribution is 0.788. The molecule has 0 saturated carbocycles. The monoisotopic (exact) mass is 394 g/mol. The van der Waals surface area contributed by atoms with E-state index in [0.717, 1.165) is 30.6 Å². The fourth-order valence-electron chi connectivity index (χ4n) is 4.16. The minimum Gasteiger partial charge on any atom is -0.398 e. The molecule has 0 heterocycles. The van der Waals surface area contributed by atoms with E-state index in [1.54, 1.807) is 0 Å². The molecule has 0 unspecified atom stereocenters. The van der Waals surface area contributed by atoms with Crippen molar-refractivity contribution in [1.29, 1.82) is 0 Å². The van der Waals surface area contributed by atoms with Crippen molar-refractivity contribution in [2.75, 3.05) is 11.5 Å². The van der Waals surface area contributed by atoms with E-state index in [-0.39, 0.29) is 0 Å². The van der Waals surface area contributed by atoms with Gasteiger partial charge >= 0.3 is 0 Å². The molecule has 0 saturated heterocycles. The molecule has 0 aromatic heterocycles. The molecule has 2 nitrogen and oxygen atoms in total. The number of hydrogen-bond acceptors (Lipinski definition) is 2. The number of benzene rings is 2. The molecule has 0 fully saturated rings. The van der Waals surface area contributed by atoms with Crippen molar-refractivity contribution in [3.05, 3.63) is 57.6 Å². The SMILES string of the molecule is CCCCc1cc(Cc2cc(CCCC)c(N)c(C(C)C)c2)cc(C(C)C)c1N. The molecular formula is C27H42N2. The summed E-state index contributed by atoms with van der Waals surface area (Å²) < 4.78 is 0. The first-order valence-electron chi connectivity index (χ1n) is 11.6. The molecular weight excluding hydrogens is 352 g/mol. The van der Waals surface area contributed by atoms with Crippen LogP contribution >= 0.6 is 0 Å². The summed E-state index contributed by atoms with van der Waals surface area (Å²) in [7, 11) is 0. The Hall–Kier alpha value is -1.96. The molecule has 2 aromatic rings. The van der Waals surface area contributed by atoms with Gasteiger partial charge in [-0.3, -0.25) is 0 Å². The number of aryl methyl sites for hydroxylation is 2. The number of rotatable bonds is 10. The highest BCUT2D eigenvalue weighted by Gasteiger charge is 2.14. The third kappa shape index (κ3) is 6.01. The first kappa shape index (κ1) is 23.3. The van der Waals surface area contributed by atoms with E-state index in [0.29, 0.717) is 11.8 Å². The van der Waals surface area contributed by atoms with E-state index in [1.165, 1.54) is 59.1 Å². The van der Waals surface area contributed by atoms with Crippen LogP contribution in [0.3, 0.4) is 0 Å². The maximum Gasteiger partial charge on any atom is 0.0381 e. The van der Waals surface area contributed by atoms with Crippen LogP contribution in [0.4, 0.5) is 11.4 Å². The Morgan fingerprint density at radius 1 is 0.655 bits per heavy atom. The normalized spacial score (nSPS) is 11.6. The minimum atomic E-state index is 0.438. The second-order valence-corrected chi connectivity index (χ2v) is 9.21. The van der Waals surface area contributed by atoms with Crippen LogP contribution in [0.15, 0.2) is 24.3 Å². The second kappa shape index (κ2) is 10.7. The van der Waals surface area contributed by atoms with Crippen molar-refractivity contribution in [1.82, 2.24) is 0 Å². The third-order valence-electron chi connectivity index (χ3n) is 5.97. The summed E-state index contributed by atoms with van der Waals surface area (Å²) in [5, 5.41) is 0. The molecule has 0 aliphatic rings. The Morgan fingerprint density at radius 2 is 1.03 bits per heavy atom. The van der Waals surface area contributed by atoms with E-state index < -0.39 is 0 Å². The second-order valence-electron chi connectivity index (χ2n) is 9.21. The van der Waals surface area contributed by atoms with Crippen LogP contribution in [0.5, 0.6) is 0 Å². The van der Waals surface area contributed by atoms with E-state index >= 15 is 0 Å². The third-order valence-corrected chi connectivity index (χ3v) is 5.97. The number of nitrogens with two attached hydrogens (primary N) is 2. The first-order valence-corrected chi connectivity index (χ1v) is 11.6. The lowest BCUT2D eigenvalue weighted by Gasteiger charge is -2.19. The van der Waals surface area contributed by atoms with Gasteiger partial charge in [0, 0.05) is 11.4 Å². The summed E-state index contributed by atoms with van der Waals surface area (Å²) in [6, 6.07) is 9.33. The molecule has 160 valence electrons. The quantitative estimate of drug-likeness (QED) is 0.413. The van der Waals surface area contributed by atoms with E-state index in [1.807, 2.05) is 0 Å². The van der Waals surface area contributed by atoms with Crippen LogP contribution in [-0.2, 0) is 19.3 Å². The zero-order valence-electron chi connectivity index (χ0n) is 19.6. The van der Waals surface area contributed by atoms with E-state index in [9.17, 15) is 0 Å². The molecule has 29 heavy (non-hydrogen) atoms. The Kier molecular flexibility index (Phi) is 8.61. The Bertz CT molecular complexity index is 735. The summed E-state index contributed by atoms with van der Waals surface area (Å²) in [5.41, 5.74) is 23.0. The van der Waals surface area contributed by atoms with Gasteiger partial charge in [0.25, 0.3) is 0 Å². The summed E-state index contributed by atoms with van der Waals surface area (Å²) in [6.07, 6.45) is 7.83. The largest absolute Gasteiger partial charge is 0.398 e. The zero-order chi connectivity index (χ0) is 21.6. The smallest absolute Gasteiger partial charge is 0.0381 e. The van der Waals surface area contributed by atoms with Gasteiger partial charge in [-0.05, 0) is 77.3 Å². The molecule has 2 aromatic carbocycles. The number of anilines is 2. The minimum absolute atomic E-state index is 0.438. The number of nitrogen functional groups attached to an aromatic ring is 2. The summed E-state index contributed by atoms with van der Waals surface area (Å²) in [5.74, 6) is 0.876. The molecule has 4 N–H and O–H groups in total. The first-order chi connectivity index (χ1) is 13.8. The molecule has 2 rings (SSSR count). The molecule has 0 aliphatic heterocycles. The van der Waals surface area contributed by atoms with Gasteiger partial charge in [-0.2, -0.15) is 0 Å². The van der Waals surface area contributed by atoms with Crippen molar-refractivity contribution < 1.29 is 0 Å². The van der Waals surface area contributed by atoms with Gasteiger partial charge in [-0.25, -0.2) is 0 Å². The fourth-order valence-corrected chi connectivity index (χ4v) is 4.16. The molecule has 0 aliphatic carbocycles. The Labute approximate surface area is 179 Å². The average molecular weight is 395 g/mol.